The van der Waals surface area contributed by atoms with Gasteiger partial charge in [-0.15, -0.1) is 0 Å². The van der Waals surface area contributed by atoms with E-state index in [0.717, 1.165) is 17.0 Å². The third-order valence-corrected chi connectivity index (χ3v) is 4.27. The number of nitrogens with two attached hydrogens (primary N) is 1. The van der Waals surface area contributed by atoms with Gasteiger partial charge < -0.3 is 15.4 Å². The first-order valence-corrected chi connectivity index (χ1v) is 8.28. The second-order valence-electron chi connectivity index (χ2n) is 6.69. The largest absolute Gasteiger partial charge is 0.398 e. The minimum atomic E-state index is -0.257. The highest BCUT2D eigenvalue weighted by atomic mass is 19.1. The monoisotopic (exact) mass is 329 g/mol. The molecule has 1 aliphatic rings. The number of hydrogen-bond donors (Lipinski definition) is 1. The number of morpholine rings is 1. The van der Waals surface area contributed by atoms with Gasteiger partial charge in [-0.1, -0.05) is 0 Å². The molecule has 2 atom stereocenters. The first kappa shape index (κ1) is 16.7. The number of halogens is 1. The minimum absolute atomic E-state index is 0.0690. The summed E-state index contributed by atoms with van der Waals surface area (Å²) < 4.78 is 20.5. The maximum atomic E-state index is 14.8. The SMILES string of the molecule is Cc1cc(-c2cc(F)c(N3CC(C)OC(C)C3)cc2N)cc(C)n1. The maximum absolute atomic E-state index is 14.8. The second kappa shape index (κ2) is 6.40. The Hall–Kier alpha value is -2.14. The van der Waals surface area contributed by atoms with E-state index in [-0.39, 0.29) is 18.0 Å². The molecule has 4 nitrogen and oxygen atoms in total. The smallest absolute Gasteiger partial charge is 0.147 e. The molecule has 2 aromatic rings. The Morgan fingerprint density at radius 3 is 2.25 bits per heavy atom. The summed E-state index contributed by atoms with van der Waals surface area (Å²) >= 11 is 0. The summed E-state index contributed by atoms with van der Waals surface area (Å²) in [7, 11) is 0. The van der Waals surface area contributed by atoms with E-state index in [1.807, 2.05) is 44.7 Å². The van der Waals surface area contributed by atoms with Gasteiger partial charge in [-0.05, 0) is 57.5 Å². The lowest BCUT2D eigenvalue weighted by atomic mass is 10.0. The second-order valence-corrected chi connectivity index (χ2v) is 6.69. The quantitative estimate of drug-likeness (QED) is 0.854. The van der Waals surface area contributed by atoms with Gasteiger partial charge in [0.05, 0.1) is 17.9 Å². The highest BCUT2D eigenvalue weighted by Crippen LogP contribution is 2.34. The number of benzene rings is 1. The molecule has 0 amide bonds. The van der Waals surface area contributed by atoms with Crippen LogP contribution in [0.5, 0.6) is 0 Å². The van der Waals surface area contributed by atoms with Crippen LogP contribution in [0, 0.1) is 19.7 Å². The molecule has 24 heavy (non-hydrogen) atoms. The van der Waals surface area contributed by atoms with Gasteiger partial charge in [-0.25, -0.2) is 4.39 Å². The van der Waals surface area contributed by atoms with Crippen LogP contribution in [0.4, 0.5) is 15.8 Å². The van der Waals surface area contributed by atoms with Crippen molar-refractivity contribution in [2.75, 3.05) is 23.7 Å². The molecule has 5 heteroatoms. The molecule has 1 fully saturated rings. The normalized spacial score (nSPS) is 21.1. The molecule has 2 unspecified atom stereocenters. The Kier molecular flexibility index (Phi) is 4.45. The fourth-order valence-electron chi connectivity index (χ4n) is 3.43. The molecule has 2 heterocycles. The fraction of sp³-hybridized carbons (Fsp3) is 0.421. The molecule has 1 saturated heterocycles. The van der Waals surface area contributed by atoms with Gasteiger partial charge in [0.1, 0.15) is 5.82 Å². The van der Waals surface area contributed by atoms with E-state index in [1.165, 1.54) is 6.07 Å². The summed E-state index contributed by atoms with van der Waals surface area (Å²) in [5.74, 6) is -0.257. The Labute approximate surface area is 142 Å². The van der Waals surface area contributed by atoms with Crippen LogP contribution < -0.4 is 10.6 Å². The number of rotatable bonds is 2. The average molecular weight is 329 g/mol. The predicted molar refractivity (Wildman–Crippen MR) is 95.7 cm³/mol. The van der Waals surface area contributed by atoms with Gasteiger partial charge in [0.2, 0.25) is 0 Å². The molecule has 2 N–H and O–H groups in total. The average Bonchev–Trinajstić information content (AvgIpc) is 2.47. The first-order chi connectivity index (χ1) is 11.3. The van der Waals surface area contributed by atoms with Gasteiger partial charge in [0, 0.05) is 35.7 Å². The van der Waals surface area contributed by atoms with Crippen molar-refractivity contribution in [1.29, 1.82) is 0 Å². The van der Waals surface area contributed by atoms with Crippen LogP contribution in [-0.2, 0) is 4.74 Å². The Morgan fingerprint density at radius 2 is 1.67 bits per heavy atom. The Balaban J connectivity index is 2.00. The van der Waals surface area contributed by atoms with E-state index in [9.17, 15) is 4.39 Å². The van der Waals surface area contributed by atoms with E-state index >= 15 is 0 Å². The van der Waals surface area contributed by atoms with Crippen LogP contribution in [-0.4, -0.2) is 30.3 Å². The summed E-state index contributed by atoms with van der Waals surface area (Å²) in [6.45, 7) is 9.17. The molecule has 0 bridgehead atoms. The van der Waals surface area contributed by atoms with Crippen molar-refractivity contribution in [3.63, 3.8) is 0 Å². The molecule has 0 spiro atoms. The van der Waals surface area contributed by atoms with E-state index in [4.69, 9.17) is 10.5 Å². The number of anilines is 2. The van der Waals surface area contributed by atoms with E-state index in [2.05, 4.69) is 4.98 Å². The predicted octanol–water partition coefficient (Wildman–Crippen LogP) is 3.70. The van der Waals surface area contributed by atoms with Gasteiger partial charge >= 0.3 is 0 Å². The third kappa shape index (κ3) is 3.36. The van der Waals surface area contributed by atoms with Crippen molar-refractivity contribution in [3.8, 4) is 11.1 Å². The molecule has 0 aliphatic carbocycles. The topological polar surface area (TPSA) is 51.4 Å². The number of ether oxygens (including phenoxy) is 1. The molecule has 0 radical (unpaired) electrons. The van der Waals surface area contributed by atoms with Crippen LogP contribution in [0.2, 0.25) is 0 Å². The summed E-state index contributed by atoms with van der Waals surface area (Å²) in [5, 5.41) is 0. The number of aryl methyl sites for hydroxylation is 2. The highest BCUT2D eigenvalue weighted by molar-refractivity contribution is 5.80. The standard InChI is InChI=1S/C19H24FN3O/c1-11-5-15(6-12(2)22-11)16-7-17(20)19(8-18(16)21)23-9-13(3)24-14(4)10-23/h5-8,13-14H,9-10,21H2,1-4H3. The molecule has 1 aromatic carbocycles. The minimum Gasteiger partial charge on any atom is -0.398 e. The number of nitrogen functional groups attached to an aromatic ring is 1. The van der Waals surface area contributed by atoms with Crippen LogP contribution in [0.1, 0.15) is 25.2 Å². The third-order valence-electron chi connectivity index (χ3n) is 4.27. The van der Waals surface area contributed by atoms with Crippen molar-refractivity contribution < 1.29 is 9.13 Å². The molecule has 128 valence electrons. The van der Waals surface area contributed by atoms with Crippen molar-refractivity contribution in [3.05, 3.63) is 41.5 Å². The van der Waals surface area contributed by atoms with E-state index in [0.29, 0.717) is 30.0 Å². The van der Waals surface area contributed by atoms with Crippen molar-refractivity contribution in [1.82, 2.24) is 4.98 Å². The van der Waals surface area contributed by atoms with Gasteiger partial charge in [-0.3, -0.25) is 4.98 Å². The number of nitrogens with zero attached hydrogens (tertiary/aromatic N) is 2. The highest BCUT2D eigenvalue weighted by Gasteiger charge is 2.25. The van der Waals surface area contributed by atoms with Crippen LogP contribution >= 0.6 is 0 Å². The van der Waals surface area contributed by atoms with Crippen molar-refractivity contribution >= 4 is 11.4 Å². The lowest BCUT2D eigenvalue weighted by molar-refractivity contribution is -0.00538. The number of hydrogen-bond acceptors (Lipinski definition) is 4. The van der Waals surface area contributed by atoms with Crippen LogP contribution in [0.25, 0.3) is 11.1 Å². The van der Waals surface area contributed by atoms with Crippen molar-refractivity contribution in [2.45, 2.75) is 39.9 Å². The zero-order chi connectivity index (χ0) is 17.4. The summed E-state index contributed by atoms with van der Waals surface area (Å²) in [5.41, 5.74) is 10.8. The van der Waals surface area contributed by atoms with E-state index in [1.54, 1.807) is 6.07 Å². The summed E-state index contributed by atoms with van der Waals surface area (Å²) in [4.78, 5) is 6.37. The summed E-state index contributed by atoms with van der Waals surface area (Å²) in [6.07, 6.45) is 0.138. The molecular weight excluding hydrogens is 305 g/mol. The number of aromatic nitrogens is 1. The van der Waals surface area contributed by atoms with Gasteiger partial charge in [0.25, 0.3) is 0 Å². The fourth-order valence-corrected chi connectivity index (χ4v) is 3.43. The van der Waals surface area contributed by atoms with Gasteiger partial charge in [-0.2, -0.15) is 0 Å². The molecule has 1 aromatic heterocycles. The lowest BCUT2D eigenvalue weighted by Gasteiger charge is -2.37. The first-order valence-electron chi connectivity index (χ1n) is 8.28. The molecule has 3 rings (SSSR count). The molecule has 0 saturated carbocycles. The molecular formula is C19H24FN3O. The van der Waals surface area contributed by atoms with Crippen LogP contribution in [0.15, 0.2) is 24.3 Å². The van der Waals surface area contributed by atoms with Crippen LogP contribution in [0.3, 0.4) is 0 Å². The zero-order valence-corrected chi connectivity index (χ0v) is 14.6. The van der Waals surface area contributed by atoms with Crippen molar-refractivity contribution in [2.24, 2.45) is 0 Å². The molecule has 1 aliphatic heterocycles. The Morgan fingerprint density at radius 1 is 1.08 bits per heavy atom. The maximum Gasteiger partial charge on any atom is 0.147 e. The Bertz CT molecular complexity index is 732. The summed E-state index contributed by atoms with van der Waals surface area (Å²) in [6, 6.07) is 7.12. The zero-order valence-electron chi connectivity index (χ0n) is 14.6. The van der Waals surface area contributed by atoms with Gasteiger partial charge in [0.15, 0.2) is 0 Å². The number of pyridine rings is 1. The lowest BCUT2D eigenvalue weighted by Crippen LogP contribution is -2.45. The van der Waals surface area contributed by atoms with E-state index < -0.39 is 0 Å².